The average Bonchev–Trinajstić information content (AvgIpc) is 2.95. The second-order valence-electron chi connectivity index (χ2n) is 6.21. The van der Waals surface area contributed by atoms with E-state index < -0.39 is 16.9 Å². The lowest BCUT2D eigenvalue weighted by atomic mass is 10.1. The minimum Gasteiger partial charge on any atom is -0.595 e. The van der Waals surface area contributed by atoms with Crippen LogP contribution in [0.2, 0.25) is 0 Å². The Morgan fingerprint density at radius 1 is 1.29 bits per heavy atom. The summed E-state index contributed by atoms with van der Waals surface area (Å²) in [6, 6.07) is 11.7. The van der Waals surface area contributed by atoms with Crippen LogP contribution in [0.5, 0.6) is 0 Å². The Hall–Kier alpha value is -3.11. The molecule has 0 aliphatic heterocycles. The number of Topliss-reactive ketones (excluding diaryl/α,β-unsaturated/α-hetero) is 1. The summed E-state index contributed by atoms with van der Waals surface area (Å²) >= 11 is 5.28. The quantitative estimate of drug-likeness (QED) is 0.173. The molecule has 9 heteroatoms. The SMILES string of the molecule is CC(=O)/C(=C/n1c(=S)[nH]c2ccc([NH+]([O-])O)cc21)C(=O)Nc1ccccc1C. The molecule has 1 atom stereocenters. The number of aryl methyl sites for hydroxylation is 1. The number of carbonyl (C=O) groups is 2. The van der Waals surface area contributed by atoms with Crippen molar-refractivity contribution in [3.05, 3.63) is 63.6 Å². The highest BCUT2D eigenvalue weighted by Gasteiger charge is 2.17. The van der Waals surface area contributed by atoms with Crippen molar-refractivity contribution in [3.63, 3.8) is 0 Å². The number of hydrogen-bond acceptors (Lipinski definition) is 5. The Morgan fingerprint density at radius 2 is 2.00 bits per heavy atom. The molecule has 144 valence electrons. The van der Waals surface area contributed by atoms with E-state index in [1.807, 2.05) is 19.1 Å². The summed E-state index contributed by atoms with van der Waals surface area (Å²) in [4.78, 5) is 27.8. The molecule has 0 spiro atoms. The predicted octanol–water partition coefficient (Wildman–Crippen LogP) is 2.48. The van der Waals surface area contributed by atoms with Crippen LogP contribution < -0.4 is 10.5 Å². The first-order valence-electron chi connectivity index (χ1n) is 8.35. The molecule has 0 aliphatic rings. The van der Waals surface area contributed by atoms with Crippen molar-refractivity contribution in [1.82, 2.24) is 9.55 Å². The van der Waals surface area contributed by atoms with Crippen LogP contribution in [0.3, 0.4) is 0 Å². The number of H-pyrrole nitrogens is 1. The van der Waals surface area contributed by atoms with Crippen LogP contribution in [0.4, 0.5) is 11.4 Å². The molecule has 1 amide bonds. The van der Waals surface area contributed by atoms with E-state index in [1.165, 1.54) is 29.8 Å². The molecule has 1 unspecified atom stereocenters. The normalized spacial score (nSPS) is 12.8. The van der Waals surface area contributed by atoms with E-state index in [1.54, 1.807) is 18.2 Å². The average molecular weight is 398 g/mol. The highest BCUT2D eigenvalue weighted by atomic mass is 32.1. The molecular formula is C19H18N4O4S. The van der Waals surface area contributed by atoms with Gasteiger partial charge in [0.25, 0.3) is 5.91 Å². The van der Waals surface area contributed by atoms with E-state index in [4.69, 9.17) is 12.2 Å². The maximum atomic E-state index is 12.7. The third-order valence-electron chi connectivity index (χ3n) is 4.24. The topological polar surface area (TPSA) is 115 Å². The highest BCUT2D eigenvalue weighted by Crippen LogP contribution is 2.20. The summed E-state index contributed by atoms with van der Waals surface area (Å²) in [5.74, 6) is -1.02. The van der Waals surface area contributed by atoms with Crippen molar-refractivity contribution >= 4 is 52.5 Å². The van der Waals surface area contributed by atoms with E-state index >= 15 is 0 Å². The second kappa shape index (κ2) is 7.87. The zero-order chi connectivity index (χ0) is 20.4. The molecular weight excluding hydrogens is 380 g/mol. The number of aromatic amines is 1. The number of benzene rings is 2. The summed E-state index contributed by atoms with van der Waals surface area (Å²) in [7, 11) is 0. The first-order chi connectivity index (χ1) is 13.3. The minimum absolute atomic E-state index is 0.0670. The van der Waals surface area contributed by atoms with Crippen molar-refractivity contribution in [3.8, 4) is 0 Å². The van der Waals surface area contributed by atoms with Crippen molar-refractivity contribution in [1.29, 1.82) is 0 Å². The zero-order valence-corrected chi connectivity index (χ0v) is 16.0. The Bertz CT molecular complexity index is 1160. The van der Waals surface area contributed by atoms with Crippen LogP contribution in [0, 0.1) is 16.9 Å². The van der Waals surface area contributed by atoms with Crippen LogP contribution in [0.25, 0.3) is 17.2 Å². The number of nitrogens with zero attached hydrogens (tertiary/aromatic N) is 1. The van der Waals surface area contributed by atoms with E-state index in [-0.39, 0.29) is 16.0 Å². The lowest BCUT2D eigenvalue weighted by molar-refractivity contribution is -0.991. The number of anilines is 1. The maximum Gasteiger partial charge on any atom is 0.260 e. The monoisotopic (exact) mass is 398 g/mol. The molecule has 0 bridgehead atoms. The maximum absolute atomic E-state index is 12.7. The van der Waals surface area contributed by atoms with Crippen molar-refractivity contribution < 1.29 is 20.0 Å². The highest BCUT2D eigenvalue weighted by molar-refractivity contribution is 7.71. The number of quaternary nitrogens is 1. The van der Waals surface area contributed by atoms with Crippen LogP contribution in [-0.2, 0) is 9.59 Å². The molecule has 3 aromatic rings. The number of ketones is 1. The Kier molecular flexibility index (Phi) is 5.52. The van der Waals surface area contributed by atoms with Gasteiger partial charge in [-0.1, -0.05) is 18.2 Å². The number of fused-ring (bicyclic) bond motifs is 1. The molecule has 0 saturated heterocycles. The van der Waals surface area contributed by atoms with E-state index in [9.17, 15) is 20.0 Å². The summed E-state index contributed by atoms with van der Waals surface area (Å²) < 4.78 is 1.66. The van der Waals surface area contributed by atoms with Crippen LogP contribution in [0.1, 0.15) is 12.5 Å². The number of hydrogen-bond donors (Lipinski definition) is 4. The lowest BCUT2D eigenvalue weighted by Gasteiger charge is -2.12. The van der Waals surface area contributed by atoms with Crippen molar-refractivity contribution in [2.24, 2.45) is 0 Å². The van der Waals surface area contributed by atoms with E-state index in [0.29, 0.717) is 16.7 Å². The molecule has 2 aromatic carbocycles. The fourth-order valence-electron chi connectivity index (χ4n) is 2.72. The van der Waals surface area contributed by atoms with Gasteiger partial charge in [-0.3, -0.25) is 14.2 Å². The Labute approximate surface area is 165 Å². The van der Waals surface area contributed by atoms with Gasteiger partial charge < -0.3 is 15.5 Å². The van der Waals surface area contributed by atoms with Gasteiger partial charge in [0.05, 0.1) is 16.6 Å². The first kappa shape index (κ1) is 19.6. The summed E-state index contributed by atoms with van der Waals surface area (Å²) in [6.07, 6.45) is 1.32. The predicted molar refractivity (Wildman–Crippen MR) is 108 cm³/mol. The molecule has 0 aliphatic carbocycles. The van der Waals surface area contributed by atoms with Crippen LogP contribution in [-0.4, -0.2) is 26.4 Å². The largest absolute Gasteiger partial charge is 0.595 e. The number of rotatable bonds is 5. The van der Waals surface area contributed by atoms with Gasteiger partial charge in [-0.05, 0) is 43.8 Å². The first-order valence-corrected chi connectivity index (χ1v) is 8.76. The molecule has 28 heavy (non-hydrogen) atoms. The van der Waals surface area contributed by atoms with Gasteiger partial charge in [-0.15, -0.1) is 0 Å². The smallest absolute Gasteiger partial charge is 0.260 e. The second-order valence-corrected chi connectivity index (χ2v) is 6.59. The lowest BCUT2D eigenvalue weighted by Crippen LogP contribution is -2.99. The third kappa shape index (κ3) is 3.92. The number of aromatic nitrogens is 2. The molecule has 0 radical (unpaired) electrons. The molecule has 3 rings (SSSR count). The fourth-order valence-corrected chi connectivity index (χ4v) is 2.99. The van der Waals surface area contributed by atoms with Crippen molar-refractivity contribution in [2.45, 2.75) is 13.8 Å². The van der Waals surface area contributed by atoms with E-state index in [2.05, 4.69) is 10.3 Å². The molecule has 0 saturated carbocycles. The Morgan fingerprint density at radius 3 is 2.64 bits per heavy atom. The van der Waals surface area contributed by atoms with Gasteiger partial charge in [0.1, 0.15) is 0 Å². The van der Waals surface area contributed by atoms with Gasteiger partial charge in [0.15, 0.2) is 16.2 Å². The third-order valence-corrected chi connectivity index (χ3v) is 4.54. The minimum atomic E-state index is -1.09. The summed E-state index contributed by atoms with van der Waals surface area (Å²) in [6.45, 7) is 3.13. The number of amides is 1. The van der Waals surface area contributed by atoms with Gasteiger partial charge >= 0.3 is 0 Å². The molecule has 1 aromatic heterocycles. The zero-order valence-electron chi connectivity index (χ0n) is 15.1. The summed E-state index contributed by atoms with van der Waals surface area (Å²) in [5, 5.41) is 22.1. The van der Waals surface area contributed by atoms with Gasteiger partial charge in [-0.25, -0.2) is 5.21 Å². The fraction of sp³-hybridized carbons (Fsp3) is 0.105. The summed E-state index contributed by atoms with van der Waals surface area (Å²) in [5.41, 5.74) is 2.45. The number of carbonyl (C=O) groups excluding carboxylic acids is 2. The number of nitrogens with one attached hydrogen (secondary N) is 3. The van der Waals surface area contributed by atoms with E-state index in [0.717, 1.165) is 5.56 Å². The van der Waals surface area contributed by atoms with Gasteiger partial charge in [0, 0.05) is 24.0 Å². The molecule has 4 N–H and O–H groups in total. The van der Waals surface area contributed by atoms with Crippen LogP contribution in [0.15, 0.2) is 48.0 Å². The van der Waals surface area contributed by atoms with Crippen molar-refractivity contribution in [2.75, 3.05) is 5.32 Å². The Balaban J connectivity index is 2.07. The molecule has 0 fully saturated rings. The number of para-hydroxylation sites is 1. The number of imidazole rings is 1. The molecule has 1 heterocycles. The van der Waals surface area contributed by atoms with Crippen LogP contribution >= 0.6 is 12.2 Å². The van der Waals surface area contributed by atoms with Gasteiger partial charge in [-0.2, -0.15) is 5.23 Å². The molecule has 8 nitrogen and oxygen atoms in total. The van der Waals surface area contributed by atoms with Gasteiger partial charge in [0.2, 0.25) is 0 Å². The standard InChI is InChI=1S/C19H18N4O4S/c1-11-5-3-4-6-15(11)20-18(25)14(12(2)24)10-22-17-9-13(23(26)27)7-8-16(17)21-19(22)28/h3-10,23,26H,1-2H3,(H,20,25)(H,21,28)/b14-10-.